The average Bonchev–Trinajstić information content (AvgIpc) is 2.34. The van der Waals surface area contributed by atoms with Crippen molar-refractivity contribution in [2.24, 2.45) is 4.99 Å². The summed E-state index contributed by atoms with van der Waals surface area (Å²) >= 11 is 0. The highest BCUT2D eigenvalue weighted by molar-refractivity contribution is 5.84. The molecule has 1 aromatic rings. The zero-order valence-electron chi connectivity index (χ0n) is 8.74. The summed E-state index contributed by atoms with van der Waals surface area (Å²) in [6.45, 7) is -0.125. The summed E-state index contributed by atoms with van der Waals surface area (Å²) in [4.78, 5) is 22.0. The van der Waals surface area contributed by atoms with Crippen LogP contribution in [0.3, 0.4) is 0 Å². The molecule has 88 valence electrons. The van der Waals surface area contributed by atoms with Gasteiger partial charge < -0.3 is 4.84 Å². The second-order valence-electron chi connectivity index (χ2n) is 2.86. The summed E-state index contributed by atoms with van der Waals surface area (Å²) in [6, 6.07) is 3.55. The van der Waals surface area contributed by atoms with Gasteiger partial charge in [0, 0.05) is 12.4 Å². The molecule has 8 heteroatoms. The molecule has 1 heterocycles. The molecule has 0 unspecified atom stereocenters. The van der Waals surface area contributed by atoms with Crippen LogP contribution < -0.4 is 5.32 Å². The number of amidine groups is 1. The number of nitriles is 1. The minimum Gasteiger partial charge on any atom is -0.306 e. The maximum Gasteiger partial charge on any atom is 0.294 e. The van der Waals surface area contributed by atoms with Crippen molar-refractivity contribution >= 4 is 5.84 Å². The third-order valence-corrected chi connectivity index (χ3v) is 1.68. The van der Waals surface area contributed by atoms with Crippen LogP contribution in [0.1, 0.15) is 5.56 Å². The first kappa shape index (κ1) is 12.4. The molecule has 0 aromatic carbocycles. The van der Waals surface area contributed by atoms with Crippen LogP contribution >= 0.6 is 0 Å². The van der Waals surface area contributed by atoms with E-state index in [0.717, 1.165) is 5.56 Å². The van der Waals surface area contributed by atoms with Crippen molar-refractivity contribution in [1.29, 1.82) is 5.26 Å². The van der Waals surface area contributed by atoms with Gasteiger partial charge in [-0.3, -0.25) is 15.3 Å². The summed E-state index contributed by atoms with van der Waals surface area (Å²) in [5.41, 5.74) is 0.825. The van der Waals surface area contributed by atoms with E-state index in [4.69, 9.17) is 5.26 Å². The van der Waals surface area contributed by atoms with E-state index in [1.807, 2.05) is 0 Å². The Labute approximate surface area is 96.7 Å². The number of nitrogens with one attached hydrogen (secondary N) is 1. The van der Waals surface area contributed by atoms with E-state index in [-0.39, 0.29) is 19.0 Å². The topological polar surface area (TPSA) is 113 Å². The van der Waals surface area contributed by atoms with E-state index in [1.165, 1.54) is 0 Å². The SMILES string of the molecule is N#CNC(CO[N+](=O)[O-])=NCc1cccnc1. The van der Waals surface area contributed by atoms with Gasteiger partial charge in [0.05, 0.1) is 6.54 Å². The van der Waals surface area contributed by atoms with E-state index in [1.54, 1.807) is 30.7 Å². The van der Waals surface area contributed by atoms with Crippen LogP contribution in [0.4, 0.5) is 0 Å². The van der Waals surface area contributed by atoms with E-state index in [9.17, 15) is 10.1 Å². The lowest BCUT2D eigenvalue weighted by atomic mass is 10.3. The van der Waals surface area contributed by atoms with Gasteiger partial charge in [-0.25, -0.2) is 0 Å². The third kappa shape index (κ3) is 5.08. The molecule has 0 saturated heterocycles. The van der Waals surface area contributed by atoms with Crippen LogP contribution in [0.15, 0.2) is 29.5 Å². The monoisotopic (exact) mass is 235 g/mol. The van der Waals surface area contributed by atoms with Crippen LogP contribution in [0.2, 0.25) is 0 Å². The summed E-state index contributed by atoms with van der Waals surface area (Å²) in [7, 11) is 0. The number of hydrogen-bond acceptors (Lipinski definition) is 6. The fraction of sp³-hybridized carbons (Fsp3) is 0.222. The van der Waals surface area contributed by atoms with E-state index in [2.05, 4.69) is 20.1 Å². The van der Waals surface area contributed by atoms with Crippen LogP contribution in [0.5, 0.6) is 0 Å². The highest BCUT2D eigenvalue weighted by Crippen LogP contribution is 1.97. The maximum atomic E-state index is 9.99. The molecule has 8 nitrogen and oxygen atoms in total. The maximum absolute atomic E-state index is 9.99. The fourth-order valence-corrected chi connectivity index (χ4v) is 0.978. The second-order valence-corrected chi connectivity index (χ2v) is 2.86. The van der Waals surface area contributed by atoms with Crippen molar-refractivity contribution in [3.05, 3.63) is 40.2 Å². The van der Waals surface area contributed by atoms with Gasteiger partial charge in [-0.15, -0.1) is 10.1 Å². The molecule has 0 amide bonds. The van der Waals surface area contributed by atoms with Gasteiger partial charge in [0.25, 0.3) is 5.09 Å². The number of nitrogens with zero attached hydrogens (tertiary/aromatic N) is 4. The summed E-state index contributed by atoms with van der Waals surface area (Å²) in [6.07, 6.45) is 4.86. The summed E-state index contributed by atoms with van der Waals surface area (Å²) < 4.78 is 0. The van der Waals surface area contributed by atoms with Gasteiger partial charge in [-0.2, -0.15) is 5.26 Å². The Morgan fingerprint density at radius 3 is 3.18 bits per heavy atom. The normalized spacial score (nSPS) is 10.4. The van der Waals surface area contributed by atoms with Gasteiger partial charge in [0.2, 0.25) is 0 Å². The van der Waals surface area contributed by atoms with Crippen molar-refractivity contribution in [2.45, 2.75) is 6.54 Å². The van der Waals surface area contributed by atoms with E-state index < -0.39 is 5.09 Å². The third-order valence-electron chi connectivity index (χ3n) is 1.68. The lowest BCUT2D eigenvalue weighted by Gasteiger charge is -2.02. The molecule has 0 radical (unpaired) electrons. The Kier molecular flexibility index (Phi) is 4.90. The lowest BCUT2D eigenvalue weighted by molar-refractivity contribution is -0.753. The predicted molar refractivity (Wildman–Crippen MR) is 57.1 cm³/mol. The number of rotatable bonds is 5. The Hall–Kier alpha value is -2.69. The highest BCUT2D eigenvalue weighted by Gasteiger charge is 2.02. The largest absolute Gasteiger partial charge is 0.306 e. The number of aliphatic imine (C=N–C) groups is 1. The molecule has 0 aliphatic heterocycles. The van der Waals surface area contributed by atoms with E-state index >= 15 is 0 Å². The number of aromatic nitrogens is 1. The lowest BCUT2D eigenvalue weighted by Crippen LogP contribution is -2.25. The molecule has 0 aliphatic carbocycles. The van der Waals surface area contributed by atoms with Gasteiger partial charge in [-0.05, 0) is 11.6 Å². The average molecular weight is 235 g/mol. The number of pyridine rings is 1. The van der Waals surface area contributed by atoms with Crippen molar-refractivity contribution in [2.75, 3.05) is 6.61 Å². The molecule has 1 rings (SSSR count). The van der Waals surface area contributed by atoms with Gasteiger partial charge >= 0.3 is 0 Å². The van der Waals surface area contributed by atoms with Gasteiger partial charge in [0.15, 0.2) is 12.8 Å². The molecule has 0 fully saturated rings. The Morgan fingerprint density at radius 1 is 1.76 bits per heavy atom. The fourth-order valence-electron chi connectivity index (χ4n) is 0.978. The molecule has 0 atom stereocenters. The molecular weight excluding hydrogens is 226 g/mol. The Bertz CT molecular complexity index is 440. The molecule has 0 spiro atoms. The summed E-state index contributed by atoms with van der Waals surface area (Å²) in [5.74, 6) is 0.0908. The van der Waals surface area contributed by atoms with Crippen molar-refractivity contribution in [3.8, 4) is 6.19 Å². The molecule has 1 N–H and O–H groups in total. The molecular formula is C9H9N5O3. The van der Waals surface area contributed by atoms with Crippen molar-refractivity contribution in [3.63, 3.8) is 0 Å². The van der Waals surface area contributed by atoms with Crippen LogP contribution in [0.25, 0.3) is 0 Å². The zero-order valence-corrected chi connectivity index (χ0v) is 8.74. The smallest absolute Gasteiger partial charge is 0.294 e. The van der Waals surface area contributed by atoms with Gasteiger partial charge in [0.1, 0.15) is 5.84 Å². The predicted octanol–water partition coefficient (Wildman–Crippen LogP) is 0.259. The first-order chi connectivity index (χ1) is 8.22. The van der Waals surface area contributed by atoms with Crippen LogP contribution in [-0.2, 0) is 11.4 Å². The van der Waals surface area contributed by atoms with Gasteiger partial charge in [-0.1, -0.05) is 6.07 Å². The Morgan fingerprint density at radius 2 is 2.59 bits per heavy atom. The molecule has 0 aliphatic rings. The molecule has 0 saturated carbocycles. The first-order valence-corrected chi connectivity index (χ1v) is 4.57. The Balaban J connectivity index is 2.58. The second kappa shape index (κ2) is 6.73. The minimum absolute atomic E-state index is 0.0908. The molecule has 0 bridgehead atoms. The highest BCUT2D eigenvalue weighted by atomic mass is 16.9. The molecule has 1 aromatic heterocycles. The van der Waals surface area contributed by atoms with Crippen LogP contribution in [-0.4, -0.2) is 22.5 Å². The van der Waals surface area contributed by atoms with Crippen LogP contribution in [0, 0.1) is 21.6 Å². The summed E-state index contributed by atoms with van der Waals surface area (Å²) in [5, 5.41) is 19.7. The van der Waals surface area contributed by atoms with E-state index in [0.29, 0.717) is 0 Å². The minimum atomic E-state index is -0.946. The van der Waals surface area contributed by atoms with Crippen molar-refractivity contribution < 1.29 is 9.92 Å². The number of hydrogen-bond donors (Lipinski definition) is 1. The standard InChI is InChI=1S/C9H9N5O3/c10-7-13-9(6-17-14(15)16)12-5-8-2-1-3-11-4-8/h1-4H,5-6H2,(H,12,13). The first-order valence-electron chi connectivity index (χ1n) is 4.57. The van der Waals surface area contributed by atoms with Crippen molar-refractivity contribution in [1.82, 2.24) is 10.3 Å². The quantitative estimate of drug-likeness (QED) is 0.195. The zero-order chi connectivity index (χ0) is 12.5. The molecule has 17 heavy (non-hydrogen) atoms.